The molecule has 0 radical (unpaired) electrons. The summed E-state index contributed by atoms with van der Waals surface area (Å²) < 4.78 is 87.0. The molecule has 0 saturated carbocycles. The number of hydrogen-bond donors (Lipinski definition) is 0. The van der Waals surface area contributed by atoms with E-state index in [1.807, 2.05) is 42.5 Å². The average Bonchev–Trinajstić information content (AvgIpc) is 3.48. The molecule has 0 saturated heterocycles. The van der Waals surface area contributed by atoms with E-state index in [4.69, 9.17) is 0 Å². The fourth-order valence-corrected chi connectivity index (χ4v) is 6.64. The maximum Gasteiger partial charge on any atom is 0.200 e. The van der Waals surface area contributed by atoms with E-state index in [-0.39, 0.29) is 5.56 Å². The fraction of sp³-hybridized carbons (Fsp3) is 0.0233. The van der Waals surface area contributed by atoms with Gasteiger partial charge in [0.05, 0.1) is 16.6 Å². The van der Waals surface area contributed by atoms with E-state index in [0.29, 0.717) is 17.1 Å². The Hall–Kier alpha value is -6.28. The molecule has 1 heterocycles. The second kappa shape index (κ2) is 12.6. The predicted octanol–water partition coefficient (Wildman–Crippen LogP) is 12.7. The van der Waals surface area contributed by atoms with Crippen molar-refractivity contribution >= 4 is 38.9 Å². The highest BCUT2D eigenvalue weighted by Crippen LogP contribution is 2.40. The Bertz CT molecular complexity index is 2550. The van der Waals surface area contributed by atoms with Crippen molar-refractivity contribution in [1.82, 2.24) is 4.57 Å². The molecule has 8 aromatic rings. The average molecular weight is 685 g/mol. The van der Waals surface area contributed by atoms with Crippen LogP contribution < -0.4 is 4.90 Å². The van der Waals surface area contributed by atoms with Crippen molar-refractivity contribution in [3.8, 4) is 27.9 Å². The normalized spacial score (nSPS) is 11.4. The van der Waals surface area contributed by atoms with Gasteiger partial charge >= 0.3 is 0 Å². The number of fused-ring (bicyclic) bond motifs is 3. The van der Waals surface area contributed by atoms with Gasteiger partial charge in [-0.3, -0.25) is 0 Å². The highest BCUT2D eigenvalue weighted by molar-refractivity contribution is 6.10. The molecule has 0 fully saturated rings. The summed E-state index contributed by atoms with van der Waals surface area (Å²) in [7, 11) is 0. The first kappa shape index (κ1) is 32.0. The minimum Gasteiger partial charge on any atom is -0.311 e. The fourth-order valence-electron chi connectivity index (χ4n) is 6.64. The second-order valence-corrected chi connectivity index (χ2v) is 12.3. The SMILES string of the molecule is Cc1ccc2c3cc(-c4ccc(N(c5ccc(F)cc5)c5ccc(-c6c(F)c(F)c(F)c(F)c6F)cc5)cc4)ccc3n(-c3ccccc3)c2c1. The molecule has 0 aliphatic heterocycles. The molecule has 0 N–H and O–H groups in total. The summed E-state index contributed by atoms with van der Waals surface area (Å²) in [5.74, 6) is -10.5. The van der Waals surface area contributed by atoms with E-state index < -0.39 is 40.5 Å². The van der Waals surface area contributed by atoms with E-state index >= 15 is 0 Å². The van der Waals surface area contributed by atoms with Gasteiger partial charge in [-0.1, -0.05) is 60.7 Å². The van der Waals surface area contributed by atoms with Crippen LogP contribution in [-0.4, -0.2) is 4.57 Å². The summed E-state index contributed by atoms with van der Waals surface area (Å²) in [6.07, 6.45) is 0. The zero-order valence-electron chi connectivity index (χ0n) is 26.9. The molecule has 250 valence electrons. The van der Waals surface area contributed by atoms with E-state index in [1.165, 1.54) is 36.4 Å². The summed E-state index contributed by atoms with van der Waals surface area (Å²) in [6.45, 7) is 2.08. The van der Waals surface area contributed by atoms with Crippen LogP contribution in [0, 0.1) is 41.8 Å². The minimum atomic E-state index is -2.22. The van der Waals surface area contributed by atoms with Gasteiger partial charge in [-0.2, -0.15) is 0 Å². The number of hydrogen-bond acceptors (Lipinski definition) is 1. The molecule has 0 bridgehead atoms. The molecule has 0 atom stereocenters. The predicted molar refractivity (Wildman–Crippen MR) is 191 cm³/mol. The molecule has 0 aliphatic rings. The third kappa shape index (κ3) is 5.49. The maximum absolute atomic E-state index is 14.6. The van der Waals surface area contributed by atoms with Crippen molar-refractivity contribution in [3.05, 3.63) is 180 Å². The van der Waals surface area contributed by atoms with Crippen LogP contribution in [-0.2, 0) is 0 Å². The van der Waals surface area contributed by atoms with Crippen molar-refractivity contribution in [1.29, 1.82) is 0 Å². The van der Waals surface area contributed by atoms with Gasteiger partial charge in [-0.25, -0.2) is 26.3 Å². The number of benzene rings is 7. The molecule has 0 aliphatic carbocycles. The Morgan fingerprint density at radius 3 is 1.57 bits per heavy atom. The van der Waals surface area contributed by atoms with Gasteiger partial charge in [0.15, 0.2) is 23.3 Å². The Labute approximate surface area is 289 Å². The van der Waals surface area contributed by atoms with E-state index in [1.54, 1.807) is 17.0 Å². The number of nitrogens with zero attached hydrogens (tertiary/aromatic N) is 2. The largest absolute Gasteiger partial charge is 0.311 e. The van der Waals surface area contributed by atoms with E-state index in [9.17, 15) is 26.3 Å². The molecule has 0 spiro atoms. The van der Waals surface area contributed by atoms with Gasteiger partial charge in [0.25, 0.3) is 0 Å². The first-order chi connectivity index (χ1) is 24.7. The summed E-state index contributed by atoms with van der Waals surface area (Å²) in [5.41, 5.74) is 6.95. The van der Waals surface area contributed by atoms with Crippen LogP contribution in [0.2, 0.25) is 0 Å². The number of anilines is 3. The standard InChI is InChI=1S/C43H26F6N2/c1-25-7-21-34-35-24-28(12-22-36(35)51(37(34)23-25)30-5-3-2-4-6-30)26-8-15-31(16-9-26)50(33-19-13-29(44)14-20-33)32-17-10-27(11-18-32)38-39(45)41(47)43(49)42(48)40(38)46/h2-24H,1H3. The first-order valence-corrected chi connectivity index (χ1v) is 16.1. The third-order valence-corrected chi connectivity index (χ3v) is 9.10. The lowest BCUT2D eigenvalue weighted by Gasteiger charge is -2.26. The second-order valence-electron chi connectivity index (χ2n) is 12.3. The number of halogens is 6. The molecule has 0 amide bonds. The number of aromatic nitrogens is 1. The van der Waals surface area contributed by atoms with E-state index in [0.717, 1.165) is 44.2 Å². The lowest BCUT2D eigenvalue weighted by Crippen LogP contribution is -2.10. The zero-order valence-corrected chi connectivity index (χ0v) is 26.9. The van der Waals surface area contributed by atoms with Crippen LogP contribution >= 0.6 is 0 Å². The lowest BCUT2D eigenvalue weighted by atomic mass is 10.0. The van der Waals surface area contributed by atoms with Gasteiger partial charge in [-0.15, -0.1) is 0 Å². The smallest absolute Gasteiger partial charge is 0.200 e. The van der Waals surface area contributed by atoms with Gasteiger partial charge in [-0.05, 0) is 108 Å². The van der Waals surface area contributed by atoms with Crippen LogP contribution in [0.4, 0.5) is 43.4 Å². The van der Waals surface area contributed by atoms with Crippen molar-refractivity contribution < 1.29 is 26.3 Å². The van der Waals surface area contributed by atoms with Crippen LogP contribution in [0.25, 0.3) is 49.7 Å². The minimum absolute atomic E-state index is 0.194. The summed E-state index contributed by atoms with van der Waals surface area (Å²) >= 11 is 0. The summed E-state index contributed by atoms with van der Waals surface area (Å²) in [4.78, 5) is 1.80. The summed E-state index contributed by atoms with van der Waals surface area (Å²) in [6, 6.07) is 42.1. The monoisotopic (exact) mass is 684 g/mol. The van der Waals surface area contributed by atoms with Crippen LogP contribution in [0.3, 0.4) is 0 Å². The Balaban J connectivity index is 1.19. The van der Waals surface area contributed by atoms with Gasteiger partial charge in [0.1, 0.15) is 5.82 Å². The van der Waals surface area contributed by atoms with Crippen LogP contribution in [0.5, 0.6) is 0 Å². The summed E-state index contributed by atoms with van der Waals surface area (Å²) in [5, 5.41) is 2.24. The molecule has 1 aromatic heterocycles. The van der Waals surface area contributed by atoms with Gasteiger partial charge < -0.3 is 9.47 Å². The quantitative estimate of drug-likeness (QED) is 0.0962. The molecular weight excluding hydrogens is 658 g/mol. The number of rotatable bonds is 6. The molecular formula is C43H26F6N2. The molecule has 51 heavy (non-hydrogen) atoms. The Kier molecular flexibility index (Phi) is 7.87. The molecule has 2 nitrogen and oxygen atoms in total. The van der Waals surface area contributed by atoms with Crippen LogP contribution in [0.15, 0.2) is 140 Å². The Morgan fingerprint density at radius 2 is 0.961 bits per heavy atom. The van der Waals surface area contributed by atoms with Crippen molar-refractivity contribution in [2.75, 3.05) is 4.90 Å². The van der Waals surface area contributed by atoms with Crippen molar-refractivity contribution in [2.24, 2.45) is 0 Å². The molecule has 7 aromatic carbocycles. The third-order valence-electron chi connectivity index (χ3n) is 9.10. The molecule has 8 heteroatoms. The number of aryl methyl sites for hydroxylation is 1. The highest BCUT2D eigenvalue weighted by atomic mass is 19.2. The topological polar surface area (TPSA) is 8.17 Å². The first-order valence-electron chi connectivity index (χ1n) is 16.1. The molecule has 0 unspecified atom stereocenters. The van der Waals surface area contributed by atoms with Gasteiger partial charge in [0, 0.05) is 33.5 Å². The molecule has 8 rings (SSSR count). The van der Waals surface area contributed by atoms with Crippen LogP contribution in [0.1, 0.15) is 5.56 Å². The number of para-hydroxylation sites is 1. The van der Waals surface area contributed by atoms with Crippen molar-refractivity contribution in [2.45, 2.75) is 6.92 Å². The highest BCUT2D eigenvalue weighted by Gasteiger charge is 2.27. The van der Waals surface area contributed by atoms with Crippen molar-refractivity contribution in [3.63, 3.8) is 0 Å². The van der Waals surface area contributed by atoms with Gasteiger partial charge in [0.2, 0.25) is 5.82 Å². The maximum atomic E-state index is 14.6. The van der Waals surface area contributed by atoms with E-state index in [2.05, 4.69) is 60.0 Å². The lowest BCUT2D eigenvalue weighted by molar-refractivity contribution is 0.381. The Morgan fingerprint density at radius 1 is 0.431 bits per heavy atom. The zero-order chi connectivity index (χ0) is 35.4.